The number of carbonyl (C=O) groups excluding carboxylic acids is 1. The first kappa shape index (κ1) is 13.3. The molecule has 0 radical (unpaired) electrons. The van der Waals surface area contributed by atoms with Crippen LogP contribution in [-0.2, 0) is 0 Å². The summed E-state index contributed by atoms with van der Waals surface area (Å²) < 4.78 is 12.9. The second kappa shape index (κ2) is 5.22. The van der Waals surface area contributed by atoms with Crippen LogP contribution in [0.25, 0.3) is 11.1 Å². The van der Waals surface area contributed by atoms with E-state index in [-0.39, 0.29) is 20.8 Å². The average Bonchev–Trinajstić information content (AvgIpc) is 2.35. The van der Waals surface area contributed by atoms with Crippen molar-refractivity contribution in [2.24, 2.45) is 0 Å². The SMILES string of the molecule is O=Cc1nc(F)ccc1-c1cc(Cl)c(Cl)c(Cl)c1. The van der Waals surface area contributed by atoms with Crippen LogP contribution < -0.4 is 0 Å². The Morgan fingerprint density at radius 2 is 1.72 bits per heavy atom. The van der Waals surface area contributed by atoms with Gasteiger partial charge in [-0.2, -0.15) is 4.39 Å². The van der Waals surface area contributed by atoms with Crippen molar-refractivity contribution in [2.45, 2.75) is 0 Å². The Kier molecular flexibility index (Phi) is 3.85. The number of carbonyl (C=O) groups is 1. The molecule has 0 N–H and O–H groups in total. The third kappa shape index (κ3) is 2.48. The number of nitrogens with zero attached hydrogens (tertiary/aromatic N) is 1. The van der Waals surface area contributed by atoms with Crippen LogP contribution in [0.5, 0.6) is 0 Å². The smallest absolute Gasteiger partial charge is 0.213 e. The van der Waals surface area contributed by atoms with Gasteiger partial charge in [-0.3, -0.25) is 4.79 Å². The van der Waals surface area contributed by atoms with Crippen molar-refractivity contribution in [1.29, 1.82) is 0 Å². The van der Waals surface area contributed by atoms with Gasteiger partial charge in [0.1, 0.15) is 5.69 Å². The zero-order chi connectivity index (χ0) is 13.3. The third-order valence-electron chi connectivity index (χ3n) is 2.30. The van der Waals surface area contributed by atoms with Crippen LogP contribution in [0.15, 0.2) is 24.3 Å². The van der Waals surface area contributed by atoms with Crippen molar-refractivity contribution < 1.29 is 9.18 Å². The van der Waals surface area contributed by atoms with E-state index < -0.39 is 5.95 Å². The molecule has 1 aromatic heterocycles. The van der Waals surface area contributed by atoms with Crippen LogP contribution in [-0.4, -0.2) is 11.3 Å². The lowest BCUT2D eigenvalue weighted by atomic mass is 10.0. The van der Waals surface area contributed by atoms with Gasteiger partial charge in [0.2, 0.25) is 5.95 Å². The number of halogens is 4. The molecular weight excluding hydrogens is 299 g/mol. The Bertz CT molecular complexity index is 608. The van der Waals surface area contributed by atoms with Gasteiger partial charge in [0.25, 0.3) is 0 Å². The largest absolute Gasteiger partial charge is 0.296 e. The molecule has 0 aliphatic carbocycles. The zero-order valence-electron chi connectivity index (χ0n) is 8.75. The molecule has 0 bridgehead atoms. The highest BCUT2D eigenvalue weighted by molar-refractivity contribution is 6.48. The lowest BCUT2D eigenvalue weighted by molar-refractivity contribution is 0.111. The summed E-state index contributed by atoms with van der Waals surface area (Å²) in [5.41, 5.74) is 0.959. The number of pyridine rings is 1. The molecule has 2 nitrogen and oxygen atoms in total. The Hall–Kier alpha value is -1.16. The lowest BCUT2D eigenvalue weighted by Crippen LogP contribution is -1.95. The van der Waals surface area contributed by atoms with Crippen molar-refractivity contribution in [3.63, 3.8) is 0 Å². The van der Waals surface area contributed by atoms with Gasteiger partial charge < -0.3 is 0 Å². The van der Waals surface area contributed by atoms with Crippen LogP contribution in [0.4, 0.5) is 4.39 Å². The Balaban J connectivity index is 2.65. The summed E-state index contributed by atoms with van der Waals surface area (Å²) in [6.07, 6.45) is 0.467. The minimum atomic E-state index is -0.730. The van der Waals surface area contributed by atoms with E-state index in [0.717, 1.165) is 6.07 Å². The van der Waals surface area contributed by atoms with E-state index in [9.17, 15) is 9.18 Å². The highest BCUT2D eigenvalue weighted by Crippen LogP contribution is 2.35. The number of rotatable bonds is 2. The quantitative estimate of drug-likeness (QED) is 0.459. The van der Waals surface area contributed by atoms with Gasteiger partial charge in [-0.15, -0.1) is 0 Å². The van der Waals surface area contributed by atoms with Crippen LogP contribution in [0.1, 0.15) is 10.5 Å². The van der Waals surface area contributed by atoms with Crippen LogP contribution >= 0.6 is 34.8 Å². The van der Waals surface area contributed by atoms with E-state index in [4.69, 9.17) is 34.8 Å². The predicted molar refractivity (Wildman–Crippen MR) is 70.0 cm³/mol. The molecule has 0 unspecified atom stereocenters. The molecule has 0 amide bonds. The van der Waals surface area contributed by atoms with Gasteiger partial charge in [0.05, 0.1) is 15.1 Å². The third-order valence-corrected chi connectivity index (χ3v) is 3.49. The first-order chi connectivity index (χ1) is 8.52. The second-order valence-electron chi connectivity index (χ2n) is 3.44. The molecule has 0 aliphatic heterocycles. The summed E-state index contributed by atoms with van der Waals surface area (Å²) in [7, 11) is 0. The number of benzene rings is 1. The number of hydrogen-bond donors (Lipinski definition) is 0. The fraction of sp³-hybridized carbons (Fsp3) is 0. The van der Waals surface area contributed by atoms with E-state index in [2.05, 4.69) is 4.98 Å². The van der Waals surface area contributed by atoms with Crippen molar-refractivity contribution in [3.8, 4) is 11.1 Å². The molecular formula is C12H5Cl3FNO. The molecule has 18 heavy (non-hydrogen) atoms. The Morgan fingerprint density at radius 3 is 2.28 bits per heavy atom. The molecule has 0 fully saturated rings. The standard InChI is InChI=1S/C12H5Cl3FNO/c13-8-3-6(4-9(14)12(8)15)7-1-2-11(16)17-10(7)5-18/h1-5H. The fourth-order valence-corrected chi connectivity index (χ4v) is 2.09. The van der Waals surface area contributed by atoms with Gasteiger partial charge in [0, 0.05) is 5.56 Å². The minimum absolute atomic E-state index is 0.0237. The molecule has 0 spiro atoms. The van der Waals surface area contributed by atoms with Gasteiger partial charge in [-0.05, 0) is 29.8 Å². The first-order valence-corrected chi connectivity index (χ1v) is 5.93. The summed E-state index contributed by atoms with van der Waals surface area (Å²) in [6, 6.07) is 5.66. The summed E-state index contributed by atoms with van der Waals surface area (Å²) in [6.45, 7) is 0. The molecule has 0 aliphatic rings. The molecule has 6 heteroatoms. The van der Waals surface area contributed by atoms with E-state index in [1.807, 2.05) is 0 Å². The summed E-state index contributed by atoms with van der Waals surface area (Å²) >= 11 is 17.6. The summed E-state index contributed by atoms with van der Waals surface area (Å²) in [5.74, 6) is -0.730. The van der Waals surface area contributed by atoms with Crippen molar-refractivity contribution in [3.05, 3.63) is 51.0 Å². The van der Waals surface area contributed by atoms with E-state index in [0.29, 0.717) is 17.4 Å². The molecule has 0 saturated heterocycles. The molecule has 0 saturated carbocycles. The Morgan fingerprint density at radius 1 is 1.11 bits per heavy atom. The predicted octanol–water partition coefficient (Wildman–Crippen LogP) is 4.66. The zero-order valence-corrected chi connectivity index (χ0v) is 11.0. The topological polar surface area (TPSA) is 30.0 Å². The van der Waals surface area contributed by atoms with Gasteiger partial charge >= 0.3 is 0 Å². The monoisotopic (exact) mass is 303 g/mol. The van der Waals surface area contributed by atoms with Crippen molar-refractivity contribution >= 4 is 41.1 Å². The number of aldehydes is 1. The first-order valence-electron chi connectivity index (χ1n) is 4.79. The normalized spacial score (nSPS) is 10.4. The van der Waals surface area contributed by atoms with Gasteiger partial charge in [0.15, 0.2) is 6.29 Å². The van der Waals surface area contributed by atoms with Crippen LogP contribution in [0, 0.1) is 5.95 Å². The van der Waals surface area contributed by atoms with Crippen LogP contribution in [0.2, 0.25) is 15.1 Å². The lowest BCUT2D eigenvalue weighted by Gasteiger charge is -2.07. The van der Waals surface area contributed by atoms with Crippen molar-refractivity contribution in [1.82, 2.24) is 4.98 Å². The molecule has 2 aromatic rings. The average molecular weight is 305 g/mol. The number of aromatic nitrogens is 1. The maximum Gasteiger partial charge on any atom is 0.213 e. The van der Waals surface area contributed by atoms with Crippen LogP contribution in [0.3, 0.4) is 0 Å². The highest BCUT2D eigenvalue weighted by atomic mass is 35.5. The highest BCUT2D eigenvalue weighted by Gasteiger charge is 2.12. The van der Waals surface area contributed by atoms with Crippen molar-refractivity contribution in [2.75, 3.05) is 0 Å². The molecule has 1 aromatic carbocycles. The minimum Gasteiger partial charge on any atom is -0.296 e. The van der Waals surface area contributed by atoms with Gasteiger partial charge in [-0.1, -0.05) is 34.8 Å². The second-order valence-corrected chi connectivity index (χ2v) is 4.63. The maximum absolute atomic E-state index is 12.9. The van der Waals surface area contributed by atoms with E-state index in [1.165, 1.54) is 18.2 Å². The Labute approximate surface area is 117 Å². The summed E-state index contributed by atoms with van der Waals surface area (Å²) in [5, 5.41) is 0.727. The maximum atomic E-state index is 12.9. The fourth-order valence-electron chi connectivity index (χ4n) is 1.50. The van der Waals surface area contributed by atoms with E-state index in [1.54, 1.807) is 0 Å². The molecule has 1 heterocycles. The molecule has 2 rings (SSSR count). The number of hydrogen-bond acceptors (Lipinski definition) is 2. The van der Waals surface area contributed by atoms with Gasteiger partial charge in [-0.25, -0.2) is 4.98 Å². The molecule has 0 atom stereocenters. The molecule has 92 valence electrons. The van der Waals surface area contributed by atoms with E-state index >= 15 is 0 Å². The summed E-state index contributed by atoms with van der Waals surface area (Å²) in [4.78, 5) is 14.4.